The molecule has 1 radical (unpaired) electrons. The van der Waals surface area contributed by atoms with Crippen LogP contribution in [0.2, 0.25) is 0 Å². The van der Waals surface area contributed by atoms with Crippen LogP contribution in [0.4, 0.5) is 5.69 Å². The van der Waals surface area contributed by atoms with Crippen molar-refractivity contribution in [1.29, 1.82) is 0 Å². The monoisotopic (exact) mass is 187 g/mol. The highest BCUT2D eigenvalue weighted by Crippen LogP contribution is 2.36. The molecular weight excluding hydrogens is 176 g/mol. The highest BCUT2D eigenvalue weighted by molar-refractivity contribution is 6.01. The number of benzene rings is 1. The largest absolute Gasteiger partial charge is 0.366 e. The maximum absolute atomic E-state index is 11.2. The van der Waals surface area contributed by atoms with Gasteiger partial charge >= 0.3 is 0 Å². The molecule has 1 amide bonds. The lowest BCUT2D eigenvalue weighted by Gasteiger charge is -2.04. The van der Waals surface area contributed by atoms with Crippen LogP contribution in [-0.2, 0) is 0 Å². The zero-order valence-electron chi connectivity index (χ0n) is 8.16. The molecule has 2 N–H and O–H groups in total. The summed E-state index contributed by atoms with van der Waals surface area (Å²) in [5.74, 6) is -0.397. The van der Waals surface area contributed by atoms with Gasteiger partial charge in [-0.25, -0.2) is 0 Å². The first-order valence-corrected chi connectivity index (χ1v) is 4.43. The second-order valence-electron chi connectivity index (χ2n) is 3.39. The van der Waals surface area contributed by atoms with Gasteiger partial charge in [-0.1, -0.05) is 6.07 Å². The molecule has 3 nitrogen and oxygen atoms in total. The third kappa shape index (κ3) is 1.09. The van der Waals surface area contributed by atoms with E-state index in [9.17, 15) is 4.79 Å². The number of carbonyl (C=O) groups excluding carboxylic acids is 1. The fourth-order valence-corrected chi connectivity index (χ4v) is 1.68. The SMILES string of the molecule is CC1=C(C)c2c(cccc2C(N)=O)[N]1. The Labute approximate surface area is 82.6 Å². The minimum atomic E-state index is -0.397. The fraction of sp³-hybridized carbons (Fsp3) is 0.182. The van der Waals surface area contributed by atoms with Gasteiger partial charge < -0.3 is 5.73 Å². The molecule has 0 aromatic heterocycles. The summed E-state index contributed by atoms with van der Waals surface area (Å²) in [6, 6.07) is 5.43. The lowest BCUT2D eigenvalue weighted by atomic mass is 10.0. The van der Waals surface area contributed by atoms with Crippen LogP contribution in [0, 0.1) is 0 Å². The van der Waals surface area contributed by atoms with Crippen molar-refractivity contribution in [2.24, 2.45) is 5.73 Å². The Hall–Kier alpha value is -1.77. The summed E-state index contributed by atoms with van der Waals surface area (Å²) in [4.78, 5) is 11.2. The van der Waals surface area contributed by atoms with E-state index in [-0.39, 0.29) is 0 Å². The van der Waals surface area contributed by atoms with Crippen LogP contribution < -0.4 is 11.1 Å². The first-order chi connectivity index (χ1) is 6.61. The number of nitrogens with two attached hydrogens (primary N) is 1. The summed E-state index contributed by atoms with van der Waals surface area (Å²) < 4.78 is 0. The molecule has 0 saturated heterocycles. The molecular formula is C11H11N2O. The second-order valence-corrected chi connectivity index (χ2v) is 3.39. The van der Waals surface area contributed by atoms with E-state index in [2.05, 4.69) is 5.32 Å². The Morgan fingerprint density at radius 1 is 1.36 bits per heavy atom. The zero-order chi connectivity index (χ0) is 10.3. The number of primary amides is 1. The molecule has 1 aliphatic heterocycles. The van der Waals surface area contributed by atoms with Crippen molar-refractivity contribution in [1.82, 2.24) is 5.32 Å². The third-order valence-corrected chi connectivity index (χ3v) is 2.51. The number of hydrogen-bond donors (Lipinski definition) is 1. The van der Waals surface area contributed by atoms with E-state index in [1.165, 1.54) is 0 Å². The van der Waals surface area contributed by atoms with E-state index < -0.39 is 5.91 Å². The Morgan fingerprint density at radius 3 is 2.71 bits per heavy atom. The van der Waals surface area contributed by atoms with Crippen molar-refractivity contribution in [2.75, 3.05) is 0 Å². The van der Waals surface area contributed by atoms with Crippen LogP contribution in [0.3, 0.4) is 0 Å². The summed E-state index contributed by atoms with van der Waals surface area (Å²) in [6.07, 6.45) is 0. The Bertz CT molecular complexity index is 447. The second kappa shape index (κ2) is 2.87. The van der Waals surface area contributed by atoms with Crippen molar-refractivity contribution >= 4 is 17.2 Å². The van der Waals surface area contributed by atoms with E-state index in [1.54, 1.807) is 12.1 Å². The van der Waals surface area contributed by atoms with Gasteiger partial charge in [-0.15, -0.1) is 0 Å². The highest BCUT2D eigenvalue weighted by Gasteiger charge is 2.21. The lowest BCUT2D eigenvalue weighted by Crippen LogP contribution is -2.12. The predicted molar refractivity (Wildman–Crippen MR) is 55.0 cm³/mol. The van der Waals surface area contributed by atoms with Crippen LogP contribution in [-0.4, -0.2) is 5.91 Å². The number of carbonyl (C=O) groups is 1. The average Bonchev–Trinajstić information content (AvgIpc) is 2.43. The van der Waals surface area contributed by atoms with Crippen molar-refractivity contribution in [3.8, 4) is 0 Å². The molecule has 0 bridgehead atoms. The summed E-state index contributed by atoms with van der Waals surface area (Å²) in [5, 5.41) is 4.35. The predicted octanol–water partition coefficient (Wildman–Crippen LogP) is 1.79. The standard InChI is InChI=1S/C11H11N2O/c1-6-7(2)13-9-5-3-4-8(10(6)9)11(12)14/h3-5H,1-2H3,(H2,12,14). The van der Waals surface area contributed by atoms with Crippen LogP contribution in [0.1, 0.15) is 29.8 Å². The molecule has 14 heavy (non-hydrogen) atoms. The first-order valence-electron chi connectivity index (χ1n) is 4.43. The maximum Gasteiger partial charge on any atom is 0.249 e. The molecule has 0 atom stereocenters. The normalized spacial score (nSPS) is 13.9. The van der Waals surface area contributed by atoms with Crippen molar-refractivity contribution < 1.29 is 4.79 Å². The molecule has 1 aromatic carbocycles. The van der Waals surface area contributed by atoms with Crippen molar-refractivity contribution in [2.45, 2.75) is 13.8 Å². The summed E-state index contributed by atoms with van der Waals surface area (Å²) in [5.41, 5.74) is 9.57. The van der Waals surface area contributed by atoms with E-state index in [1.807, 2.05) is 19.9 Å². The number of rotatable bonds is 1. The molecule has 1 aromatic rings. The van der Waals surface area contributed by atoms with Crippen LogP contribution >= 0.6 is 0 Å². The molecule has 0 unspecified atom stereocenters. The van der Waals surface area contributed by atoms with Gasteiger partial charge in [-0.3, -0.25) is 10.1 Å². The van der Waals surface area contributed by atoms with Gasteiger partial charge in [-0.2, -0.15) is 0 Å². The van der Waals surface area contributed by atoms with Crippen LogP contribution in [0.15, 0.2) is 23.9 Å². The zero-order valence-corrected chi connectivity index (χ0v) is 8.16. The van der Waals surface area contributed by atoms with Crippen molar-refractivity contribution in [3.63, 3.8) is 0 Å². The maximum atomic E-state index is 11.2. The van der Waals surface area contributed by atoms with E-state index in [4.69, 9.17) is 5.73 Å². The van der Waals surface area contributed by atoms with E-state index in [0.717, 1.165) is 22.5 Å². The average molecular weight is 187 g/mol. The molecule has 1 aliphatic rings. The van der Waals surface area contributed by atoms with Crippen LogP contribution in [0.25, 0.3) is 5.57 Å². The number of allylic oxidation sites excluding steroid dienone is 2. The number of amides is 1. The summed E-state index contributed by atoms with van der Waals surface area (Å²) >= 11 is 0. The smallest absolute Gasteiger partial charge is 0.249 e. The molecule has 0 saturated carbocycles. The number of fused-ring (bicyclic) bond motifs is 1. The minimum absolute atomic E-state index is 0.397. The van der Waals surface area contributed by atoms with Gasteiger partial charge in [0.2, 0.25) is 5.91 Å². The fourth-order valence-electron chi connectivity index (χ4n) is 1.68. The summed E-state index contributed by atoms with van der Waals surface area (Å²) in [6.45, 7) is 3.89. The topological polar surface area (TPSA) is 57.2 Å². The third-order valence-electron chi connectivity index (χ3n) is 2.51. The van der Waals surface area contributed by atoms with Gasteiger partial charge in [0.1, 0.15) is 0 Å². The molecule has 1 heterocycles. The first kappa shape index (κ1) is 8.81. The van der Waals surface area contributed by atoms with Gasteiger partial charge in [0.15, 0.2) is 0 Å². The highest BCUT2D eigenvalue weighted by atomic mass is 16.1. The molecule has 0 aliphatic carbocycles. The van der Waals surface area contributed by atoms with Gasteiger partial charge in [0, 0.05) is 16.8 Å². The molecule has 71 valence electrons. The molecule has 3 heteroatoms. The van der Waals surface area contributed by atoms with E-state index in [0.29, 0.717) is 5.56 Å². The Balaban J connectivity index is 2.68. The molecule has 0 spiro atoms. The lowest BCUT2D eigenvalue weighted by molar-refractivity contribution is 0.1000. The number of nitrogens with zero attached hydrogens (tertiary/aromatic N) is 1. The minimum Gasteiger partial charge on any atom is -0.366 e. The Morgan fingerprint density at radius 2 is 2.07 bits per heavy atom. The van der Waals surface area contributed by atoms with Gasteiger partial charge in [0.05, 0.1) is 5.69 Å². The quantitative estimate of drug-likeness (QED) is 0.715. The Kier molecular flexibility index (Phi) is 1.81. The number of hydrogen-bond acceptors (Lipinski definition) is 1. The van der Waals surface area contributed by atoms with Crippen LogP contribution in [0.5, 0.6) is 0 Å². The summed E-state index contributed by atoms with van der Waals surface area (Å²) in [7, 11) is 0. The van der Waals surface area contributed by atoms with Crippen molar-refractivity contribution in [3.05, 3.63) is 35.0 Å². The van der Waals surface area contributed by atoms with Gasteiger partial charge in [-0.05, 0) is 31.6 Å². The molecule has 2 rings (SSSR count). The van der Waals surface area contributed by atoms with Gasteiger partial charge in [0.25, 0.3) is 0 Å². The molecule has 0 fully saturated rings. The van der Waals surface area contributed by atoms with E-state index >= 15 is 0 Å².